The molecule has 0 heterocycles. The Labute approximate surface area is 121 Å². The van der Waals surface area contributed by atoms with Crippen molar-refractivity contribution < 1.29 is 24.3 Å². The molecule has 0 saturated carbocycles. The van der Waals surface area contributed by atoms with Crippen LogP contribution in [0.5, 0.6) is 0 Å². The van der Waals surface area contributed by atoms with Gasteiger partial charge in [-0.05, 0) is 24.9 Å². The number of hydrogen-bond acceptors (Lipinski definition) is 5. The Balaban J connectivity index is 3.82. The molecule has 114 valence electrons. The van der Waals surface area contributed by atoms with Crippen molar-refractivity contribution >= 4 is 35.8 Å². The van der Waals surface area contributed by atoms with Crippen molar-refractivity contribution in [3.63, 3.8) is 0 Å². The number of nitrogens with one attached hydrogen (secondary N) is 2. The Morgan fingerprint density at radius 2 is 1.95 bits per heavy atom. The highest BCUT2D eigenvalue weighted by Gasteiger charge is 2.12. The minimum absolute atomic E-state index is 0.0587. The van der Waals surface area contributed by atoms with Gasteiger partial charge in [0.05, 0.1) is 12.6 Å². The minimum atomic E-state index is -0.960. The van der Waals surface area contributed by atoms with Gasteiger partial charge in [0.15, 0.2) is 0 Å². The van der Waals surface area contributed by atoms with Gasteiger partial charge < -0.3 is 20.5 Å². The molecule has 0 rings (SSSR count). The van der Waals surface area contributed by atoms with Gasteiger partial charge in [-0.1, -0.05) is 0 Å². The van der Waals surface area contributed by atoms with Gasteiger partial charge in [0, 0.05) is 12.8 Å². The highest BCUT2D eigenvalue weighted by atomic mass is 32.2. The molecule has 20 heavy (non-hydrogen) atoms. The minimum Gasteiger partial charge on any atom is -0.481 e. The van der Waals surface area contributed by atoms with E-state index in [0.29, 0.717) is 12.7 Å². The van der Waals surface area contributed by atoms with E-state index in [4.69, 9.17) is 5.11 Å². The molecule has 0 unspecified atom stereocenters. The number of hydrogen-bond donors (Lipinski definition) is 3. The first kappa shape index (κ1) is 18.4. The number of rotatable bonds is 11. The number of carbonyl (C=O) groups excluding carboxylic acids is 3. The molecule has 0 aliphatic carbocycles. The molecule has 8 heteroatoms. The maximum absolute atomic E-state index is 11.5. The zero-order chi connectivity index (χ0) is 15.4. The lowest BCUT2D eigenvalue weighted by atomic mass is 10.2. The van der Waals surface area contributed by atoms with Crippen LogP contribution in [-0.4, -0.2) is 53.8 Å². The Bertz CT molecular complexity index is 349. The summed E-state index contributed by atoms with van der Waals surface area (Å²) in [6.45, 7) is -0.213. The van der Waals surface area contributed by atoms with Gasteiger partial charge in [-0.2, -0.15) is 11.8 Å². The van der Waals surface area contributed by atoms with E-state index in [1.807, 2.05) is 6.26 Å². The Kier molecular flexibility index (Phi) is 10.4. The molecule has 0 saturated heterocycles. The fourth-order valence-electron chi connectivity index (χ4n) is 1.34. The lowest BCUT2D eigenvalue weighted by molar-refractivity contribution is -0.137. The fraction of sp³-hybridized carbons (Fsp3) is 0.667. The molecular formula is C12H20N2O5S. The molecule has 7 nitrogen and oxygen atoms in total. The summed E-state index contributed by atoms with van der Waals surface area (Å²) >= 11 is 1.57. The van der Waals surface area contributed by atoms with E-state index in [9.17, 15) is 19.2 Å². The van der Waals surface area contributed by atoms with E-state index in [1.165, 1.54) is 0 Å². The molecule has 0 aromatic heterocycles. The van der Waals surface area contributed by atoms with E-state index in [-0.39, 0.29) is 31.7 Å². The van der Waals surface area contributed by atoms with Gasteiger partial charge in [-0.3, -0.25) is 14.4 Å². The average Bonchev–Trinajstić information content (AvgIpc) is 2.40. The summed E-state index contributed by atoms with van der Waals surface area (Å²) in [7, 11) is 0. The third-order valence-corrected chi connectivity index (χ3v) is 3.03. The summed E-state index contributed by atoms with van der Waals surface area (Å²) in [5.41, 5.74) is 0. The number of aliphatic carboxylic acids is 1. The van der Waals surface area contributed by atoms with E-state index < -0.39 is 17.9 Å². The smallest absolute Gasteiger partial charge is 0.303 e. The SMILES string of the molecule is CSCC[C@@H](C=O)NC(=O)CNC(=O)CCCC(=O)O. The molecule has 0 aromatic rings. The van der Waals surface area contributed by atoms with E-state index in [0.717, 1.165) is 5.75 Å². The van der Waals surface area contributed by atoms with E-state index in [1.54, 1.807) is 11.8 Å². The van der Waals surface area contributed by atoms with Crippen molar-refractivity contribution in [2.24, 2.45) is 0 Å². The molecule has 0 aliphatic rings. The van der Waals surface area contributed by atoms with Crippen LogP contribution in [0.3, 0.4) is 0 Å². The molecule has 0 aromatic carbocycles. The van der Waals surface area contributed by atoms with Gasteiger partial charge in [0.25, 0.3) is 0 Å². The fourth-order valence-corrected chi connectivity index (χ4v) is 1.83. The van der Waals surface area contributed by atoms with Crippen molar-refractivity contribution in [3.8, 4) is 0 Å². The number of aldehydes is 1. The second-order valence-corrected chi connectivity index (χ2v) is 5.10. The quantitative estimate of drug-likeness (QED) is 0.455. The van der Waals surface area contributed by atoms with E-state index in [2.05, 4.69) is 10.6 Å². The molecule has 3 N–H and O–H groups in total. The van der Waals surface area contributed by atoms with Gasteiger partial charge >= 0.3 is 5.97 Å². The van der Waals surface area contributed by atoms with Crippen molar-refractivity contribution in [2.45, 2.75) is 31.7 Å². The van der Waals surface area contributed by atoms with Gasteiger partial charge in [0.2, 0.25) is 11.8 Å². The monoisotopic (exact) mass is 304 g/mol. The second-order valence-electron chi connectivity index (χ2n) is 4.12. The van der Waals surface area contributed by atoms with Crippen LogP contribution in [0, 0.1) is 0 Å². The number of carboxylic acids is 1. The number of amides is 2. The summed E-state index contributed by atoms with van der Waals surface area (Å²) in [4.78, 5) is 43.8. The number of carbonyl (C=O) groups is 4. The predicted octanol–water partition coefficient (Wildman–Crippen LogP) is -0.206. The second kappa shape index (κ2) is 11.3. The lowest BCUT2D eigenvalue weighted by Gasteiger charge is -2.12. The zero-order valence-corrected chi connectivity index (χ0v) is 12.2. The van der Waals surface area contributed by atoms with Crippen LogP contribution in [0.25, 0.3) is 0 Å². The van der Waals surface area contributed by atoms with Crippen LogP contribution in [0.15, 0.2) is 0 Å². The Hall–Kier alpha value is -1.57. The average molecular weight is 304 g/mol. The van der Waals surface area contributed by atoms with E-state index >= 15 is 0 Å². The van der Waals surface area contributed by atoms with Crippen LogP contribution < -0.4 is 10.6 Å². The van der Waals surface area contributed by atoms with Crippen molar-refractivity contribution in [1.82, 2.24) is 10.6 Å². The van der Waals surface area contributed by atoms with Crippen molar-refractivity contribution in [3.05, 3.63) is 0 Å². The van der Waals surface area contributed by atoms with Gasteiger partial charge in [-0.25, -0.2) is 0 Å². The number of thioether (sulfide) groups is 1. The summed E-state index contributed by atoms with van der Waals surface area (Å²) in [5, 5.41) is 13.3. The Morgan fingerprint density at radius 1 is 1.25 bits per heavy atom. The summed E-state index contributed by atoms with van der Waals surface area (Å²) in [5.74, 6) is -1.02. The molecule has 0 bridgehead atoms. The van der Waals surface area contributed by atoms with Crippen molar-refractivity contribution in [1.29, 1.82) is 0 Å². The Morgan fingerprint density at radius 3 is 2.50 bits per heavy atom. The van der Waals surface area contributed by atoms with Crippen LogP contribution in [0.1, 0.15) is 25.7 Å². The highest BCUT2D eigenvalue weighted by Crippen LogP contribution is 1.98. The van der Waals surface area contributed by atoms with Gasteiger partial charge in [0.1, 0.15) is 6.29 Å². The third kappa shape index (κ3) is 10.4. The summed E-state index contributed by atoms with van der Waals surface area (Å²) < 4.78 is 0. The third-order valence-electron chi connectivity index (χ3n) is 2.38. The maximum atomic E-state index is 11.5. The normalized spacial score (nSPS) is 11.4. The standard InChI is InChI=1S/C12H20N2O5S/c1-20-6-5-9(8-15)14-11(17)7-13-10(16)3-2-4-12(18)19/h8-9H,2-7H2,1H3,(H,13,16)(H,14,17)(H,18,19)/t9-/m0/s1. The first-order valence-electron chi connectivity index (χ1n) is 6.21. The highest BCUT2D eigenvalue weighted by molar-refractivity contribution is 7.98. The molecular weight excluding hydrogens is 284 g/mol. The lowest BCUT2D eigenvalue weighted by Crippen LogP contribution is -2.42. The largest absolute Gasteiger partial charge is 0.481 e. The maximum Gasteiger partial charge on any atom is 0.303 e. The van der Waals surface area contributed by atoms with Crippen LogP contribution in [-0.2, 0) is 19.2 Å². The molecule has 0 aliphatic heterocycles. The van der Waals surface area contributed by atoms with Gasteiger partial charge in [-0.15, -0.1) is 0 Å². The molecule has 2 amide bonds. The summed E-state index contributed by atoms with van der Waals surface area (Å²) in [6, 6.07) is -0.543. The number of carboxylic acid groups (broad SMARTS) is 1. The summed E-state index contributed by atoms with van der Waals surface area (Å²) in [6.07, 6.45) is 3.32. The van der Waals surface area contributed by atoms with Crippen molar-refractivity contribution in [2.75, 3.05) is 18.6 Å². The van der Waals surface area contributed by atoms with Crippen LogP contribution in [0.2, 0.25) is 0 Å². The first-order chi connectivity index (χ1) is 9.49. The molecule has 0 spiro atoms. The zero-order valence-electron chi connectivity index (χ0n) is 11.4. The topological polar surface area (TPSA) is 113 Å². The molecule has 0 fully saturated rings. The van der Waals surface area contributed by atoms with Crippen LogP contribution in [0.4, 0.5) is 0 Å². The molecule has 0 radical (unpaired) electrons. The first-order valence-corrected chi connectivity index (χ1v) is 7.61. The predicted molar refractivity (Wildman–Crippen MR) is 75.5 cm³/mol. The molecule has 1 atom stereocenters. The van der Waals surface area contributed by atoms with Crippen LogP contribution >= 0.6 is 11.8 Å².